The van der Waals surface area contributed by atoms with Crippen molar-refractivity contribution < 1.29 is 14.6 Å². The van der Waals surface area contributed by atoms with Crippen LogP contribution in [0, 0.1) is 0 Å². The number of ether oxygens (including phenoxy) is 1. The average molecular weight is 214 g/mol. The van der Waals surface area contributed by atoms with Crippen LogP contribution in [0.4, 0.5) is 0 Å². The standard InChI is InChI=1S/C12H22O3/c1-9(2)10(13)15-12(5,6)8-7-11(3,4)14/h14H,1,7-8H2,2-6H3. The normalized spacial score (nSPS) is 12.4. The SMILES string of the molecule is C=C(C)C(=O)OC(C)(C)CCC(C)(C)O. The van der Waals surface area contributed by atoms with Crippen LogP contribution in [0.3, 0.4) is 0 Å². The Hall–Kier alpha value is -0.830. The number of aliphatic hydroxyl groups is 1. The first kappa shape index (κ1) is 14.2. The van der Waals surface area contributed by atoms with E-state index in [4.69, 9.17) is 4.74 Å². The topological polar surface area (TPSA) is 46.5 Å². The van der Waals surface area contributed by atoms with Crippen molar-refractivity contribution >= 4 is 5.97 Å². The molecule has 1 N–H and O–H groups in total. The molecule has 0 unspecified atom stereocenters. The molecule has 0 amide bonds. The highest BCUT2D eigenvalue weighted by molar-refractivity contribution is 5.87. The van der Waals surface area contributed by atoms with E-state index < -0.39 is 11.2 Å². The molecular formula is C12H22O3. The average Bonchev–Trinajstić information content (AvgIpc) is 1.99. The molecule has 15 heavy (non-hydrogen) atoms. The Morgan fingerprint density at radius 2 is 1.73 bits per heavy atom. The van der Waals surface area contributed by atoms with E-state index >= 15 is 0 Å². The molecule has 0 aromatic rings. The fourth-order valence-corrected chi connectivity index (χ4v) is 0.996. The lowest BCUT2D eigenvalue weighted by Crippen LogP contribution is -2.31. The molecule has 0 radical (unpaired) electrons. The lowest BCUT2D eigenvalue weighted by atomic mass is 9.94. The van der Waals surface area contributed by atoms with Crippen molar-refractivity contribution in [2.24, 2.45) is 0 Å². The molecule has 0 rings (SSSR count). The maximum Gasteiger partial charge on any atom is 0.333 e. The minimum atomic E-state index is -0.729. The van der Waals surface area contributed by atoms with Crippen molar-refractivity contribution in [2.75, 3.05) is 0 Å². The van der Waals surface area contributed by atoms with Crippen LogP contribution in [0.25, 0.3) is 0 Å². The number of carbonyl (C=O) groups is 1. The predicted octanol–water partition coefficient (Wildman–Crippen LogP) is 2.44. The van der Waals surface area contributed by atoms with Crippen LogP contribution in [-0.4, -0.2) is 22.3 Å². The maximum atomic E-state index is 11.3. The Balaban J connectivity index is 4.19. The minimum absolute atomic E-state index is 0.379. The molecule has 0 aliphatic rings. The Bertz CT molecular complexity index is 246. The fourth-order valence-electron chi connectivity index (χ4n) is 0.996. The van der Waals surface area contributed by atoms with Crippen molar-refractivity contribution in [3.63, 3.8) is 0 Å². The van der Waals surface area contributed by atoms with Gasteiger partial charge in [0.1, 0.15) is 5.60 Å². The van der Waals surface area contributed by atoms with Gasteiger partial charge in [-0.05, 0) is 47.5 Å². The molecule has 88 valence electrons. The van der Waals surface area contributed by atoms with Crippen LogP contribution in [0.1, 0.15) is 47.5 Å². The monoisotopic (exact) mass is 214 g/mol. The zero-order valence-corrected chi connectivity index (χ0v) is 10.4. The summed E-state index contributed by atoms with van der Waals surface area (Å²) in [4.78, 5) is 11.3. The lowest BCUT2D eigenvalue weighted by Gasteiger charge is -2.28. The zero-order valence-electron chi connectivity index (χ0n) is 10.4. The summed E-state index contributed by atoms with van der Waals surface area (Å²) in [5.74, 6) is -0.379. The van der Waals surface area contributed by atoms with E-state index in [1.165, 1.54) is 0 Å². The molecule has 0 aliphatic heterocycles. The van der Waals surface area contributed by atoms with Crippen molar-refractivity contribution in [2.45, 2.75) is 58.7 Å². The molecule has 0 aromatic carbocycles. The van der Waals surface area contributed by atoms with Gasteiger partial charge >= 0.3 is 5.97 Å². The van der Waals surface area contributed by atoms with Gasteiger partial charge < -0.3 is 9.84 Å². The van der Waals surface area contributed by atoms with Gasteiger partial charge in [-0.15, -0.1) is 0 Å². The molecular weight excluding hydrogens is 192 g/mol. The van der Waals surface area contributed by atoms with Crippen LogP contribution in [0.15, 0.2) is 12.2 Å². The third-order valence-electron chi connectivity index (χ3n) is 2.06. The summed E-state index contributed by atoms with van der Waals surface area (Å²) in [6.45, 7) is 12.3. The molecule has 3 heteroatoms. The van der Waals surface area contributed by atoms with Crippen molar-refractivity contribution in [1.82, 2.24) is 0 Å². The number of carbonyl (C=O) groups excluding carboxylic acids is 1. The molecule has 0 spiro atoms. The van der Waals surface area contributed by atoms with E-state index in [1.54, 1.807) is 20.8 Å². The molecule has 0 aromatic heterocycles. The number of hydrogen-bond donors (Lipinski definition) is 1. The van der Waals surface area contributed by atoms with E-state index in [0.717, 1.165) is 0 Å². The van der Waals surface area contributed by atoms with Gasteiger partial charge in [0.15, 0.2) is 0 Å². The summed E-state index contributed by atoms with van der Waals surface area (Å²) in [7, 11) is 0. The van der Waals surface area contributed by atoms with E-state index in [0.29, 0.717) is 18.4 Å². The highest BCUT2D eigenvalue weighted by Crippen LogP contribution is 2.22. The highest BCUT2D eigenvalue weighted by atomic mass is 16.6. The first-order valence-electron chi connectivity index (χ1n) is 5.15. The van der Waals surface area contributed by atoms with Gasteiger partial charge in [0.25, 0.3) is 0 Å². The molecule has 0 saturated carbocycles. The van der Waals surface area contributed by atoms with Gasteiger partial charge in [-0.1, -0.05) is 6.58 Å². The van der Waals surface area contributed by atoms with Gasteiger partial charge in [0.2, 0.25) is 0 Å². The van der Waals surface area contributed by atoms with Gasteiger partial charge in [-0.3, -0.25) is 0 Å². The number of hydrogen-bond acceptors (Lipinski definition) is 3. The molecule has 0 heterocycles. The molecule has 0 bridgehead atoms. The summed E-state index contributed by atoms with van der Waals surface area (Å²) in [5, 5.41) is 9.57. The minimum Gasteiger partial charge on any atom is -0.456 e. The van der Waals surface area contributed by atoms with Crippen molar-refractivity contribution in [3.8, 4) is 0 Å². The van der Waals surface area contributed by atoms with E-state index in [1.807, 2.05) is 13.8 Å². The van der Waals surface area contributed by atoms with E-state index in [2.05, 4.69) is 6.58 Å². The van der Waals surface area contributed by atoms with Crippen LogP contribution in [-0.2, 0) is 9.53 Å². The van der Waals surface area contributed by atoms with E-state index in [9.17, 15) is 9.90 Å². The Kier molecular flexibility index (Phi) is 4.53. The third-order valence-corrected chi connectivity index (χ3v) is 2.06. The molecule has 3 nitrogen and oxygen atoms in total. The third kappa shape index (κ3) is 7.14. The Labute approximate surface area is 92.1 Å². The number of rotatable bonds is 5. The second kappa shape index (κ2) is 4.79. The van der Waals surface area contributed by atoms with Crippen LogP contribution in [0.5, 0.6) is 0 Å². The number of esters is 1. The van der Waals surface area contributed by atoms with Crippen LogP contribution >= 0.6 is 0 Å². The summed E-state index contributed by atoms with van der Waals surface area (Å²) in [5.41, 5.74) is -0.894. The summed E-state index contributed by atoms with van der Waals surface area (Å²) >= 11 is 0. The second-order valence-electron chi connectivity index (χ2n) is 5.24. The van der Waals surface area contributed by atoms with Gasteiger partial charge in [-0.2, -0.15) is 0 Å². The second-order valence-corrected chi connectivity index (χ2v) is 5.24. The van der Waals surface area contributed by atoms with Crippen molar-refractivity contribution in [3.05, 3.63) is 12.2 Å². The Morgan fingerprint density at radius 3 is 2.07 bits per heavy atom. The maximum absolute atomic E-state index is 11.3. The smallest absolute Gasteiger partial charge is 0.333 e. The molecule has 0 saturated heterocycles. The predicted molar refractivity (Wildman–Crippen MR) is 60.5 cm³/mol. The first-order chi connectivity index (χ1) is 6.53. The zero-order chi connectivity index (χ0) is 12.3. The van der Waals surface area contributed by atoms with Crippen molar-refractivity contribution in [1.29, 1.82) is 0 Å². The molecule has 0 aliphatic carbocycles. The fraction of sp³-hybridized carbons (Fsp3) is 0.750. The van der Waals surface area contributed by atoms with Gasteiger partial charge in [0.05, 0.1) is 5.60 Å². The molecule has 0 fully saturated rings. The largest absolute Gasteiger partial charge is 0.456 e. The summed E-state index contributed by atoms with van der Waals surface area (Å²) in [6, 6.07) is 0. The highest BCUT2D eigenvalue weighted by Gasteiger charge is 2.26. The summed E-state index contributed by atoms with van der Waals surface area (Å²) in [6.07, 6.45) is 1.21. The first-order valence-corrected chi connectivity index (χ1v) is 5.15. The lowest BCUT2D eigenvalue weighted by molar-refractivity contribution is -0.153. The van der Waals surface area contributed by atoms with E-state index in [-0.39, 0.29) is 5.97 Å². The molecule has 0 atom stereocenters. The summed E-state index contributed by atoms with van der Waals surface area (Å²) < 4.78 is 5.25. The van der Waals surface area contributed by atoms with Crippen LogP contribution in [0.2, 0.25) is 0 Å². The van der Waals surface area contributed by atoms with Gasteiger partial charge in [0, 0.05) is 5.57 Å². The quantitative estimate of drug-likeness (QED) is 0.565. The van der Waals surface area contributed by atoms with Crippen LogP contribution < -0.4 is 0 Å². The Morgan fingerprint density at radius 1 is 1.27 bits per heavy atom. The van der Waals surface area contributed by atoms with Gasteiger partial charge in [-0.25, -0.2) is 4.79 Å².